The average Bonchev–Trinajstić information content (AvgIpc) is 2.51. The number of hydrogen-bond donors (Lipinski definition) is 1. The third-order valence-corrected chi connectivity index (χ3v) is 3.24. The summed E-state index contributed by atoms with van der Waals surface area (Å²) in [6, 6.07) is 6.49. The van der Waals surface area contributed by atoms with Gasteiger partial charge in [0.15, 0.2) is 5.82 Å². The van der Waals surface area contributed by atoms with Gasteiger partial charge in [0.2, 0.25) is 5.95 Å². The number of anilines is 2. The largest absolute Gasteiger partial charge is 0.356 e. The van der Waals surface area contributed by atoms with E-state index in [1.165, 1.54) is 12.1 Å². The highest BCUT2D eigenvalue weighted by molar-refractivity contribution is 5.39. The fourth-order valence-electron chi connectivity index (χ4n) is 2.04. The van der Waals surface area contributed by atoms with Crippen molar-refractivity contribution >= 4 is 11.8 Å². The summed E-state index contributed by atoms with van der Waals surface area (Å²) in [5.41, 5.74) is 1.07. The van der Waals surface area contributed by atoms with Crippen LogP contribution in [0.15, 0.2) is 30.5 Å². The summed E-state index contributed by atoms with van der Waals surface area (Å²) in [5, 5.41) is 11.1. The Morgan fingerprint density at radius 2 is 1.86 bits per heavy atom. The maximum atomic E-state index is 12.8. The van der Waals surface area contributed by atoms with Gasteiger partial charge >= 0.3 is 0 Å². The van der Waals surface area contributed by atoms with Crippen LogP contribution in [-0.4, -0.2) is 34.8 Å². The molecule has 0 amide bonds. The molecule has 0 fully saturated rings. The molecule has 1 aromatic heterocycles. The molecule has 0 unspecified atom stereocenters. The van der Waals surface area contributed by atoms with Crippen molar-refractivity contribution in [3.05, 3.63) is 41.8 Å². The van der Waals surface area contributed by atoms with E-state index in [1.807, 2.05) is 0 Å². The normalized spacial score (nSPS) is 10.4. The van der Waals surface area contributed by atoms with Gasteiger partial charge in [-0.05, 0) is 38.0 Å². The lowest BCUT2D eigenvalue weighted by Gasteiger charge is -2.19. The third-order valence-electron chi connectivity index (χ3n) is 3.24. The molecule has 5 nitrogen and oxygen atoms in total. The first-order valence-electron chi connectivity index (χ1n) is 7.16. The summed E-state index contributed by atoms with van der Waals surface area (Å²) < 4.78 is 12.8. The van der Waals surface area contributed by atoms with Crippen LogP contribution >= 0.6 is 0 Å². The molecular formula is C15H20FN5. The van der Waals surface area contributed by atoms with Crippen LogP contribution in [0.5, 0.6) is 0 Å². The van der Waals surface area contributed by atoms with Gasteiger partial charge in [-0.2, -0.15) is 10.1 Å². The molecule has 112 valence electrons. The van der Waals surface area contributed by atoms with E-state index < -0.39 is 0 Å². The highest BCUT2D eigenvalue weighted by atomic mass is 19.1. The molecule has 0 aliphatic rings. The van der Waals surface area contributed by atoms with Crippen molar-refractivity contribution in [1.82, 2.24) is 15.2 Å². The van der Waals surface area contributed by atoms with Crippen molar-refractivity contribution in [2.24, 2.45) is 0 Å². The first-order valence-corrected chi connectivity index (χ1v) is 7.16. The van der Waals surface area contributed by atoms with Gasteiger partial charge in [-0.3, -0.25) is 0 Å². The quantitative estimate of drug-likeness (QED) is 0.849. The van der Waals surface area contributed by atoms with Crippen LogP contribution in [0.25, 0.3) is 0 Å². The van der Waals surface area contributed by atoms with Gasteiger partial charge < -0.3 is 10.2 Å². The minimum atomic E-state index is -0.217. The fraction of sp³-hybridized carbons (Fsp3) is 0.400. The highest BCUT2D eigenvalue weighted by Gasteiger charge is 2.06. The molecule has 2 aromatic rings. The predicted molar refractivity (Wildman–Crippen MR) is 82.0 cm³/mol. The van der Waals surface area contributed by atoms with E-state index in [0.29, 0.717) is 12.5 Å². The molecule has 0 aliphatic heterocycles. The molecule has 0 saturated heterocycles. The zero-order chi connectivity index (χ0) is 15.1. The van der Waals surface area contributed by atoms with Gasteiger partial charge in [0.25, 0.3) is 0 Å². The van der Waals surface area contributed by atoms with Crippen LogP contribution in [0.1, 0.15) is 19.4 Å². The lowest BCUT2D eigenvalue weighted by molar-refractivity contribution is 0.627. The van der Waals surface area contributed by atoms with Crippen molar-refractivity contribution in [3.8, 4) is 0 Å². The molecular weight excluding hydrogens is 269 g/mol. The monoisotopic (exact) mass is 289 g/mol. The smallest absolute Gasteiger partial charge is 0.244 e. The standard InChI is InChI=1S/C15H20FN5/c1-3-21(4-2)14-11-18-20-15(19-14)17-10-9-12-5-7-13(16)8-6-12/h5-8,11H,3-4,9-10H2,1-2H3,(H,17,19,20). The number of aromatic nitrogens is 3. The van der Waals surface area contributed by atoms with Crippen molar-refractivity contribution in [1.29, 1.82) is 0 Å². The maximum Gasteiger partial charge on any atom is 0.244 e. The van der Waals surface area contributed by atoms with Crippen molar-refractivity contribution in [2.45, 2.75) is 20.3 Å². The zero-order valence-electron chi connectivity index (χ0n) is 12.4. The minimum absolute atomic E-state index is 0.217. The summed E-state index contributed by atoms with van der Waals surface area (Å²) in [7, 11) is 0. The Bertz CT molecular complexity index is 554. The Morgan fingerprint density at radius 1 is 1.14 bits per heavy atom. The Labute approximate surface area is 124 Å². The molecule has 0 saturated carbocycles. The first-order chi connectivity index (χ1) is 10.2. The average molecular weight is 289 g/mol. The molecule has 1 heterocycles. The summed E-state index contributed by atoms with van der Waals surface area (Å²) in [6.45, 7) is 6.59. The first kappa shape index (κ1) is 15.2. The second kappa shape index (κ2) is 7.52. The Balaban J connectivity index is 1.91. The highest BCUT2D eigenvalue weighted by Crippen LogP contribution is 2.10. The Kier molecular flexibility index (Phi) is 5.43. The summed E-state index contributed by atoms with van der Waals surface area (Å²) in [5.74, 6) is 1.12. The van der Waals surface area contributed by atoms with Gasteiger partial charge in [-0.1, -0.05) is 12.1 Å². The molecule has 1 N–H and O–H groups in total. The van der Waals surface area contributed by atoms with Crippen LogP contribution < -0.4 is 10.2 Å². The molecule has 0 aliphatic carbocycles. The summed E-state index contributed by atoms with van der Waals surface area (Å²) in [4.78, 5) is 6.55. The van der Waals surface area contributed by atoms with E-state index in [0.717, 1.165) is 30.9 Å². The Morgan fingerprint density at radius 3 is 2.52 bits per heavy atom. The molecule has 1 aromatic carbocycles. The van der Waals surface area contributed by atoms with E-state index in [4.69, 9.17) is 0 Å². The third kappa shape index (κ3) is 4.37. The number of hydrogen-bond acceptors (Lipinski definition) is 5. The SMILES string of the molecule is CCN(CC)c1cnnc(NCCc2ccc(F)cc2)n1. The number of nitrogens with one attached hydrogen (secondary N) is 1. The molecule has 6 heteroatoms. The van der Waals surface area contributed by atoms with Crippen LogP contribution in [-0.2, 0) is 6.42 Å². The van der Waals surface area contributed by atoms with Crippen LogP contribution in [0.3, 0.4) is 0 Å². The van der Waals surface area contributed by atoms with E-state index >= 15 is 0 Å². The van der Waals surface area contributed by atoms with Crippen LogP contribution in [0.4, 0.5) is 16.2 Å². The molecule has 0 atom stereocenters. The zero-order valence-corrected chi connectivity index (χ0v) is 12.4. The lowest BCUT2D eigenvalue weighted by atomic mass is 10.1. The van der Waals surface area contributed by atoms with E-state index in [1.54, 1.807) is 18.3 Å². The van der Waals surface area contributed by atoms with E-state index in [-0.39, 0.29) is 5.82 Å². The molecule has 0 bridgehead atoms. The number of nitrogens with zero attached hydrogens (tertiary/aromatic N) is 4. The number of rotatable bonds is 7. The second-order valence-electron chi connectivity index (χ2n) is 4.61. The summed E-state index contributed by atoms with van der Waals surface area (Å²) >= 11 is 0. The molecule has 0 radical (unpaired) electrons. The molecule has 0 spiro atoms. The predicted octanol–water partition coefficient (Wildman–Crippen LogP) is 2.51. The molecule has 21 heavy (non-hydrogen) atoms. The second-order valence-corrected chi connectivity index (χ2v) is 4.61. The molecule has 2 rings (SSSR count). The number of benzene rings is 1. The van der Waals surface area contributed by atoms with Crippen molar-refractivity contribution < 1.29 is 4.39 Å². The van der Waals surface area contributed by atoms with Gasteiger partial charge in [0.1, 0.15) is 5.82 Å². The number of halogens is 1. The topological polar surface area (TPSA) is 53.9 Å². The Hall–Kier alpha value is -2.24. The maximum absolute atomic E-state index is 12.8. The van der Waals surface area contributed by atoms with E-state index in [2.05, 4.69) is 39.2 Å². The fourth-order valence-corrected chi connectivity index (χ4v) is 2.04. The lowest BCUT2D eigenvalue weighted by Crippen LogP contribution is -2.24. The van der Waals surface area contributed by atoms with Gasteiger partial charge in [-0.25, -0.2) is 4.39 Å². The van der Waals surface area contributed by atoms with Gasteiger partial charge in [-0.15, -0.1) is 5.10 Å². The van der Waals surface area contributed by atoms with Crippen LogP contribution in [0.2, 0.25) is 0 Å². The van der Waals surface area contributed by atoms with Gasteiger partial charge in [0.05, 0.1) is 6.20 Å². The van der Waals surface area contributed by atoms with Gasteiger partial charge in [0, 0.05) is 19.6 Å². The van der Waals surface area contributed by atoms with Crippen LogP contribution in [0, 0.1) is 5.82 Å². The summed E-state index contributed by atoms with van der Waals surface area (Å²) in [6.07, 6.45) is 2.44. The van der Waals surface area contributed by atoms with Crippen molar-refractivity contribution in [2.75, 3.05) is 29.9 Å². The van der Waals surface area contributed by atoms with E-state index in [9.17, 15) is 4.39 Å². The van der Waals surface area contributed by atoms with Crippen molar-refractivity contribution in [3.63, 3.8) is 0 Å². The minimum Gasteiger partial charge on any atom is -0.356 e.